The van der Waals surface area contributed by atoms with Gasteiger partial charge in [0.15, 0.2) is 0 Å². The first-order chi connectivity index (χ1) is 9.95. The maximum atomic E-state index is 12.8. The fraction of sp³-hybridized carbons (Fsp3) is 0.533. The van der Waals surface area contributed by atoms with E-state index >= 15 is 0 Å². The zero-order valence-electron chi connectivity index (χ0n) is 12.4. The van der Waals surface area contributed by atoms with E-state index < -0.39 is 16.0 Å². The van der Waals surface area contributed by atoms with E-state index in [1.54, 1.807) is 24.3 Å². The van der Waals surface area contributed by atoms with Crippen molar-refractivity contribution >= 4 is 16.0 Å². The molecule has 0 bridgehead atoms. The van der Waals surface area contributed by atoms with E-state index in [4.69, 9.17) is 0 Å². The summed E-state index contributed by atoms with van der Waals surface area (Å²) in [6.07, 6.45) is 3.57. The minimum Gasteiger partial charge on any atom is -0.468 e. The summed E-state index contributed by atoms with van der Waals surface area (Å²) in [6.45, 7) is 1.68. The van der Waals surface area contributed by atoms with E-state index in [2.05, 4.69) is 4.74 Å². The minimum atomic E-state index is -3.67. The Bertz CT molecular complexity index is 589. The number of carbonyl (C=O) groups is 1. The van der Waals surface area contributed by atoms with E-state index in [9.17, 15) is 13.2 Å². The zero-order chi connectivity index (χ0) is 15.5. The van der Waals surface area contributed by atoms with Crippen LogP contribution in [-0.4, -0.2) is 38.4 Å². The standard InChI is InChI=1S/C15H21NO4S/c1-12-7-9-14(10-8-12)21(18,19)16(11-15(17)20-2)13-5-3-4-6-13/h7-10,13H,3-6,11H2,1-2H3. The van der Waals surface area contributed by atoms with Gasteiger partial charge in [-0.1, -0.05) is 30.5 Å². The van der Waals surface area contributed by atoms with Gasteiger partial charge < -0.3 is 4.74 Å². The molecular formula is C15H21NO4S. The molecule has 2 rings (SSSR count). The van der Waals surface area contributed by atoms with Crippen LogP contribution in [0, 0.1) is 6.92 Å². The lowest BCUT2D eigenvalue weighted by Gasteiger charge is -2.27. The SMILES string of the molecule is COC(=O)CN(C1CCCC1)S(=O)(=O)c1ccc(C)cc1. The molecule has 0 aliphatic heterocycles. The van der Waals surface area contributed by atoms with Crippen molar-refractivity contribution in [1.82, 2.24) is 4.31 Å². The molecule has 0 radical (unpaired) electrons. The Morgan fingerprint density at radius 2 is 1.81 bits per heavy atom. The van der Waals surface area contributed by atoms with Crippen LogP contribution in [-0.2, 0) is 19.6 Å². The highest BCUT2D eigenvalue weighted by atomic mass is 32.2. The van der Waals surface area contributed by atoms with Gasteiger partial charge in [-0.25, -0.2) is 8.42 Å². The highest BCUT2D eigenvalue weighted by Gasteiger charge is 2.34. The molecule has 1 aliphatic rings. The molecule has 1 aromatic carbocycles. The number of esters is 1. The molecule has 0 atom stereocenters. The van der Waals surface area contributed by atoms with Gasteiger partial charge in [-0.05, 0) is 31.9 Å². The number of ether oxygens (including phenoxy) is 1. The Hall–Kier alpha value is -1.40. The van der Waals surface area contributed by atoms with E-state index in [1.807, 2.05) is 6.92 Å². The normalized spacial score (nSPS) is 16.3. The van der Waals surface area contributed by atoms with Crippen LogP contribution in [0.5, 0.6) is 0 Å². The van der Waals surface area contributed by atoms with Crippen molar-refractivity contribution < 1.29 is 17.9 Å². The summed E-state index contributed by atoms with van der Waals surface area (Å²) in [5, 5.41) is 0. The second kappa shape index (κ2) is 6.58. The molecule has 0 spiro atoms. The third-order valence-corrected chi connectivity index (χ3v) is 5.78. The smallest absolute Gasteiger partial charge is 0.321 e. The Morgan fingerprint density at radius 3 is 2.33 bits per heavy atom. The summed E-state index contributed by atoms with van der Waals surface area (Å²) in [7, 11) is -2.40. The van der Waals surface area contributed by atoms with Crippen LogP contribution < -0.4 is 0 Å². The molecule has 0 N–H and O–H groups in total. The Labute approximate surface area is 126 Å². The summed E-state index contributed by atoms with van der Waals surface area (Å²) in [4.78, 5) is 11.8. The van der Waals surface area contributed by atoms with Gasteiger partial charge in [0, 0.05) is 6.04 Å². The van der Waals surface area contributed by atoms with Crippen LogP contribution in [0.15, 0.2) is 29.2 Å². The van der Waals surface area contributed by atoms with Crippen molar-refractivity contribution in [2.75, 3.05) is 13.7 Å². The van der Waals surface area contributed by atoms with Gasteiger partial charge >= 0.3 is 5.97 Å². The minimum absolute atomic E-state index is 0.115. The van der Waals surface area contributed by atoms with Crippen molar-refractivity contribution in [3.63, 3.8) is 0 Å². The molecule has 1 fully saturated rings. The number of benzene rings is 1. The molecule has 0 amide bonds. The summed E-state index contributed by atoms with van der Waals surface area (Å²) in [6, 6.07) is 6.58. The maximum absolute atomic E-state index is 12.8. The van der Waals surface area contributed by atoms with Crippen LogP contribution >= 0.6 is 0 Å². The first-order valence-electron chi connectivity index (χ1n) is 7.10. The molecule has 0 unspecified atom stereocenters. The van der Waals surface area contributed by atoms with Crippen molar-refractivity contribution in [3.8, 4) is 0 Å². The summed E-state index contributed by atoms with van der Waals surface area (Å²) >= 11 is 0. The third kappa shape index (κ3) is 3.63. The van der Waals surface area contributed by atoms with Gasteiger partial charge in [0.2, 0.25) is 10.0 Å². The summed E-state index contributed by atoms with van der Waals surface area (Å²) < 4.78 is 31.5. The van der Waals surface area contributed by atoms with Crippen molar-refractivity contribution in [1.29, 1.82) is 0 Å². The van der Waals surface area contributed by atoms with Gasteiger partial charge in [-0.15, -0.1) is 0 Å². The molecule has 1 saturated carbocycles. The molecular weight excluding hydrogens is 290 g/mol. The molecule has 0 aromatic heterocycles. The molecule has 0 heterocycles. The van der Waals surface area contributed by atoms with Gasteiger partial charge in [-0.2, -0.15) is 4.31 Å². The van der Waals surface area contributed by atoms with Crippen molar-refractivity contribution in [2.45, 2.75) is 43.5 Å². The molecule has 116 valence electrons. The number of carbonyl (C=O) groups excluding carboxylic acids is 1. The molecule has 21 heavy (non-hydrogen) atoms. The van der Waals surface area contributed by atoms with Gasteiger partial charge in [-0.3, -0.25) is 4.79 Å². The topological polar surface area (TPSA) is 63.7 Å². The predicted octanol–water partition coefficient (Wildman–Crippen LogP) is 2.10. The fourth-order valence-electron chi connectivity index (χ4n) is 2.64. The lowest BCUT2D eigenvalue weighted by atomic mass is 10.2. The predicted molar refractivity (Wildman–Crippen MR) is 79.3 cm³/mol. The maximum Gasteiger partial charge on any atom is 0.321 e. The van der Waals surface area contributed by atoms with Crippen LogP contribution in [0.25, 0.3) is 0 Å². The van der Waals surface area contributed by atoms with Crippen LogP contribution in [0.4, 0.5) is 0 Å². The largest absolute Gasteiger partial charge is 0.468 e. The van der Waals surface area contributed by atoms with Crippen LogP contribution in [0.1, 0.15) is 31.2 Å². The second-order valence-electron chi connectivity index (χ2n) is 5.38. The molecule has 1 aromatic rings. The number of sulfonamides is 1. The number of rotatable bonds is 5. The zero-order valence-corrected chi connectivity index (χ0v) is 13.2. The number of hydrogen-bond acceptors (Lipinski definition) is 4. The number of aryl methyl sites for hydroxylation is 1. The Balaban J connectivity index is 2.33. The fourth-order valence-corrected chi connectivity index (χ4v) is 4.27. The summed E-state index contributed by atoms with van der Waals surface area (Å²) in [5.74, 6) is -0.530. The summed E-state index contributed by atoms with van der Waals surface area (Å²) in [5.41, 5.74) is 0.995. The van der Waals surface area contributed by atoms with Crippen molar-refractivity contribution in [2.24, 2.45) is 0 Å². The van der Waals surface area contributed by atoms with E-state index in [0.717, 1.165) is 31.2 Å². The molecule has 6 heteroatoms. The number of hydrogen-bond donors (Lipinski definition) is 0. The molecule has 5 nitrogen and oxygen atoms in total. The highest BCUT2D eigenvalue weighted by molar-refractivity contribution is 7.89. The lowest BCUT2D eigenvalue weighted by Crippen LogP contribution is -2.42. The van der Waals surface area contributed by atoms with Crippen LogP contribution in [0.2, 0.25) is 0 Å². The first-order valence-corrected chi connectivity index (χ1v) is 8.54. The van der Waals surface area contributed by atoms with Crippen molar-refractivity contribution in [3.05, 3.63) is 29.8 Å². The monoisotopic (exact) mass is 311 g/mol. The number of nitrogens with zero attached hydrogens (tertiary/aromatic N) is 1. The lowest BCUT2D eigenvalue weighted by molar-refractivity contribution is -0.141. The average molecular weight is 311 g/mol. The number of methoxy groups -OCH3 is 1. The average Bonchev–Trinajstić information content (AvgIpc) is 2.98. The first kappa shape index (κ1) is 16.0. The van der Waals surface area contributed by atoms with Gasteiger partial charge in [0.1, 0.15) is 6.54 Å². The molecule has 1 aliphatic carbocycles. The van der Waals surface area contributed by atoms with E-state index in [0.29, 0.717) is 0 Å². The van der Waals surface area contributed by atoms with Crippen LogP contribution in [0.3, 0.4) is 0 Å². The Morgan fingerprint density at radius 1 is 1.24 bits per heavy atom. The van der Waals surface area contributed by atoms with E-state index in [1.165, 1.54) is 11.4 Å². The highest BCUT2D eigenvalue weighted by Crippen LogP contribution is 2.28. The van der Waals surface area contributed by atoms with E-state index in [-0.39, 0.29) is 17.5 Å². The van der Waals surface area contributed by atoms with Gasteiger partial charge in [0.05, 0.1) is 12.0 Å². The van der Waals surface area contributed by atoms with Gasteiger partial charge in [0.25, 0.3) is 0 Å². The third-order valence-electron chi connectivity index (χ3n) is 3.87. The molecule has 0 saturated heterocycles. The second-order valence-corrected chi connectivity index (χ2v) is 7.27. The quantitative estimate of drug-likeness (QED) is 0.781. The Kier molecular flexibility index (Phi) is 5.00.